The third-order valence-electron chi connectivity index (χ3n) is 5.46. The molecule has 0 aliphatic heterocycles. The second-order valence-electron chi connectivity index (χ2n) is 7.63. The molecule has 8 heteroatoms. The van der Waals surface area contributed by atoms with Crippen molar-refractivity contribution in [3.8, 4) is 22.7 Å². The van der Waals surface area contributed by atoms with Crippen molar-refractivity contribution in [2.45, 2.75) is 6.54 Å². The number of hydrogen-bond acceptors (Lipinski definition) is 5. The van der Waals surface area contributed by atoms with Crippen molar-refractivity contribution in [3.05, 3.63) is 102 Å². The van der Waals surface area contributed by atoms with Crippen LogP contribution >= 0.6 is 0 Å². The number of fused-ring (bicyclic) bond motifs is 1. The van der Waals surface area contributed by atoms with Crippen molar-refractivity contribution in [1.29, 1.82) is 0 Å². The van der Waals surface area contributed by atoms with Crippen molar-refractivity contribution in [1.82, 2.24) is 19.1 Å². The number of benzene rings is 2. The van der Waals surface area contributed by atoms with Crippen LogP contribution in [0.5, 0.6) is 5.75 Å². The summed E-state index contributed by atoms with van der Waals surface area (Å²) in [7, 11) is 1.58. The summed E-state index contributed by atoms with van der Waals surface area (Å²) in [6.45, 7) is -0.158. The van der Waals surface area contributed by atoms with Gasteiger partial charge in [-0.1, -0.05) is 30.3 Å². The first-order chi connectivity index (χ1) is 16.6. The average Bonchev–Trinajstić information content (AvgIpc) is 3.28. The highest BCUT2D eigenvalue weighted by molar-refractivity contribution is 5.91. The van der Waals surface area contributed by atoms with Crippen LogP contribution in [0.15, 0.2) is 96.3 Å². The summed E-state index contributed by atoms with van der Waals surface area (Å²) in [6.07, 6.45) is 4.80. The molecule has 3 heterocycles. The molecule has 0 atom stereocenters. The van der Waals surface area contributed by atoms with Crippen molar-refractivity contribution in [3.63, 3.8) is 0 Å². The zero-order valence-corrected chi connectivity index (χ0v) is 18.4. The Labute approximate surface area is 195 Å². The SMILES string of the molecule is COc1ccc(NC(=O)Cn2cnc3c(cc(-c4ccccc4)n3-c3ccncc3)c2=O)cc1. The highest BCUT2D eigenvalue weighted by atomic mass is 16.5. The molecule has 168 valence electrons. The molecule has 0 aliphatic rings. The highest BCUT2D eigenvalue weighted by Crippen LogP contribution is 2.29. The Morgan fingerprint density at radius 2 is 1.74 bits per heavy atom. The largest absolute Gasteiger partial charge is 0.497 e. The lowest BCUT2D eigenvalue weighted by molar-refractivity contribution is -0.116. The highest BCUT2D eigenvalue weighted by Gasteiger charge is 2.17. The third kappa shape index (κ3) is 4.04. The first-order valence-electron chi connectivity index (χ1n) is 10.6. The third-order valence-corrected chi connectivity index (χ3v) is 5.46. The normalized spacial score (nSPS) is 10.9. The molecule has 8 nitrogen and oxygen atoms in total. The molecule has 0 fully saturated rings. The number of pyridine rings is 1. The summed E-state index contributed by atoms with van der Waals surface area (Å²) in [5.41, 5.74) is 3.45. The van der Waals surface area contributed by atoms with E-state index in [1.54, 1.807) is 43.8 Å². The number of amides is 1. The van der Waals surface area contributed by atoms with Gasteiger partial charge in [0.15, 0.2) is 5.65 Å². The van der Waals surface area contributed by atoms with Gasteiger partial charge in [0, 0.05) is 18.1 Å². The van der Waals surface area contributed by atoms with Gasteiger partial charge in [-0.2, -0.15) is 0 Å². The van der Waals surface area contributed by atoms with E-state index in [9.17, 15) is 9.59 Å². The van der Waals surface area contributed by atoms with Crippen LogP contribution in [-0.4, -0.2) is 32.1 Å². The number of aromatic nitrogens is 4. The maximum Gasteiger partial charge on any atom is 0.263 e. The lowest BCUT2D eigenvalue weighted by atomic mass is 10.1. The van der Waals surface area contributed by atoms with E-state index in [-0.39, 0.29) is 18.0 Å². The standard InChI is InChI=1S/C26H21N5O3/c1-34-21-9-7-19(8-10-21)29-24(32)16-30-17-28-25-22(26(30)33)15-23(18-5-3-2-4-6-18)31(25)20-11-13-27-14-12-20/h2-15,17H,16H2,1H3,(H,29,32). The molecule has 0 bridgehead atoms. The number of carbonyl (C=O) groups excluding carboxylic acids is 1. The average molecular weight is 451 g/mol. The van der Waals surface area contributed by atoms with Gasteiger partial charge < -0.3 is 10.1 Å². The van der Waals surface area contributed by atoms with Crippen molar-refractivity contribution in [2.24, 2.45) is 0 Å². The van der Waals surface area contributed by atoms with E-state index in [2.05, 4.69) is 15.3 Å². The van der Waals surface area contributed by atoms with Gasteiger partial charge in [-0.25, -0.2) is 4.98 Å². The molecular weight excluding hydrogens is 430 g/mol. The molecule has 2 aromatic carbocycles. The number of anilines is 1. The molecule has 5 aromatic rings. The van der Waals surface area contributed by atoms with E-state index in [1.807, 2.05) is 53.1 Å². The van der Waals surface area contributed by atoms with Crippen molar-refractivity contribution in [2.75, 3.05) is 12.4 Å². The summed E-state index contributed by atoms with van der Waals surface area (Å²) in [6, 6.07) is 22.3. The fourth-order valence-corrected chi connectivity index (χ4v) is 3.83. The molecule has 0 spiro atoms. The van der Waals surface area contributed by atoms with Crippen LogP contribution in [0.25, 0.3) is 28.0 Å². The minimum Gasteiger partial charge on any atom is -0.497 e. The molecule has 0 aliphatic carbocycles. The summed E-state index contributed by atoms with van der Waals surface area (Å²) < 4.78 is 8.37. The first kappa shape index (κ1) is 21.1. The number of nitrogens with zero attached hydrogens (tertiary/aromatic N) is 4. The van der Waals surface area contributed by atoms with Crippen molar-refractivity contribution < 1.29 is 9.53 Å². The zero-order valence-electron chi connectivity index (χ0n) is 18.4. The van der Waals surface area contributed by atoms with Crippen LogP contribution in [0.2, 0.25) is 0 Å². The maximum absolute atomic E-state index is 13.3. The minimum atomic E-state index is -0.328. The Bertz CT molecular complexity index is 1510. The van der Waals surface area contributed by atoms with Crippen LogP contribution in [0, 0.1) is 0 Å². The number of rotatable bonds is 6. The molecular formula is C26H21N5O3. The second-order valence-corrected chi connectivity index (χ2v) is 7.63. The van der Waals surface area contributed by atoms with Crippen LogP contribution in [0.3, 0.4) is 0 Å². The molecule has 1 amide bonds. The van der Waals surface area contributed by atoms with Gasteiger partial charge in [0.05, 0.1) is 23.9 Å². The van der Waals surface area contributed by atoms with Gasteiger partial charge >= 0.3 is 0 Å². The van der Waals surface area contributed by atoms with Crippen molar-refractivity contribution >= 4 is 22.6 Å². The lowest BCUT2D eigenvalue weighted by Gasteiger charge is -2.11. The molecule has 1 N–H and O–H groups in total. The second kappa shape index (κ2) is 9.03. The summed E-state index contributed by atoms with van der Waals surface area (Å²) in [5, 5.41) is 3.22. The van der Waals surface area contributed by atoms with E-state index in [4.69, 9.17) is 4.74 Å². The predicted octanol–water partition coefficient (Wildman–Crippen LogP) is 3.90. The molecule has 0 radical (unpaired) electrons. The first-order valence-corrected chi connectivity index (χ1v) is 10.6. The van der Waals surface area contributed by atoms with Gasteiger partial charge in [-0.3, -0.25) is 23.7 Å². The van der Waals surface area contributed by atoms with E-state index >= 15 is 0 Å². The number of methoxy groups -OCH3 is 1. The van der Waals surface area contributed by atoms with Crippen LogP contribution in [-0.2, 0) is 11.3 Å². The Kier molecular flexibility index (Phi) is 5.61. The lowest BCUT2D eigenvalue weighted by Crippen LogP contribution is -2.27. The number of hydrogen-bond donors (Lipinski definition) is 1. The number of nitrogens with one attached hydrogen (secondary N) is 1. The quantitative estimate of drug-likeness (QED) is 0.423. The topological polar surface area (TPSA) is 91.0 Å². The summed E-state index contributed by atoms with van der Waals surface area (Å²) in [4.78, 5) is 34.6. The van der Waals surface area contributed by atoms with E-state index in [1.165, 1.54) is 10.9 Å². The van der Waals surface area contributed by atoms with Crippen LogP contribution in [0.1, 0.15) is 0 Å². The Morgan fingerprint density at radius 3 is 2.44 bits per heavy atom. The molecule has 0 unspecified atom stereocenters. The molecule has 0 saturated heterocycles. The maximum atomic E-state index is 13.3. The smallest absolute Gasteiger partial charge is 0.263 e. The predicted molar refractivity (Wildman–Crippen MR) is 130 cm³/mol. The van der Waals surface area contributed by atoms with E-state index in [0.717, 1.165) is 16.9 Å². The summed E-state index contributed by atoms with van der Waals surface area (Å²) in [5.74, 6) is 0.363. The summed E-state index contributed by atoms with van der Waals surface area (Å²) >= 11 is 0. The molecule has 5 rings (SSSR count). The Balaban J connectivity index is 1.53. The minimum absolute atomic E-state index is 0.158. The van der Waals surface area contributed by atoms with Gasteiger partial charge in [0.25, 0.3) is 5.56 Å². The monoisotopic (exact) mass is 451 g/mol. The Morgan fingerprint density at radius 1 is 1.00 bits per heavy atom. The van der Waals surface area contributed by atoms with E-state index < -0.39 is 0 Å². The fourth-order valence-electron chi connectivity index (χ4n) is 3.83. The van der Waals surface area contributed by atoms with Crippen LogP contribution in [0.4, 0.5) is 5.69 Å². The zero-order chi connectivity index (χ0) is 23.5. The van der Waals surface area contributed by atoms with Crippen LogP contribution < -0.4 is 15.6 Å². The molecule has 0 saturated carbocycles. The van der Waals surface area contributed by atoms with Gasteiger partial charge in [-0.05, 0) is 48.0 Å². The molecule has 3 aromatic heterocycles. The van der Waals surface area contributed by atoms with Gasteiger partial charge in [-0.15, -0.1) is 0 Å². The Hall–Kier alpha value is -4.72. The fraction of sp³-hybridized carbons (Fsp3) is 0.0769. The molecule has 34 heavy (non-hydrogen) atoms. The number of ether oxygens (including phenoxy) is 1. The number of carbonyl (C=O) groups is 1. The van der Waals surface area contributed by atoms with Gasteiger partial charge in [0.2, 0.25) is 5.91 Å². The van der Waals surface area contributed by atoms with Gasteiger partial charge in [0.1, 0.15) is 18.6 Å². The van der Waals surface area contributed by atoms with E-state index in [0.29, 0.717) is 22.5 Å².